The van der Waals surface area contributed by atoms with Gasteiger partial charge in [-0.15, -0.1) is 0 Å². The highest BCUT2D eigenvalue weighted by Crippen LogP contribution is 2.31. The molecule has 2 aliphatic carbocycles. The summed E-state index contributed by atoms with van der Waals surface area (Å²) in [6.45, 7) is 0.615. The van der Waals surface area contributed by atoms with E-state index in [1.54, 1.807) is 0 Å². The van der Waals surface area contributed by atoms with Crippen LogP contribution in [0.5, 0.6) is 0 Å². The summed E-state index contributed by atoms with van der Waals surface area (Å²) in [5, 5.41) is 20.8. The summed E-state index contributed by atoms with van der Waals surface area (Å²) in [6.07, 6.45) is 3.09. The molecule has 96 valence electrons. The maximum Gasteiger partial charge on any atom is 0.306 e. The number of carboxylic acids is 1. The number of rotatable bonds is 4. The van der Waals surface area contributed by atoms with Crippen LogP contribution in [0.2, 0.25) is 0 Å². The van der Waals surface area contributed by atoms with Gasteiger partial charge in [-0.1, -0.05) is 0 Å². The Morgan fingerprint density at radius 1 is 1.12 bits per heavy atom. The summed E-state index contributed by atoms with van der Waals surface area (Å²) in [5.41, 5.74) is 0. The molecule has 2 unspecified atom stereocenters. The number of amides is 1. The van der Waals surface area contributed by atoms with Crippen molar-refractivity contribution in [1.29, 1.82) is 0 Å². The van der Waals surface area contributed by atoms with Gasteiger partial charge in [0.1, 0.15) is 0 Å². The number of aliphatic carboxylic acids is 1. The van der Waals surface area contributed by atoms with E-state index in [0.717, 1.165) is 12.8 Å². The molecule has 0 aromatic rings. The molecule has 2 atom stereocenters. The first-order valence-electron chi connectivity index (χ1n) is 6.25. The zero-order valence-corrected chi connectivity index (χ0v) is 9.76. The second-order valence-electron chi connectivity index (χ2n) is 5.28. The maximum atomic E-state index is 11.8. The molecule has 2 rings (SSSR count). The van der Waals surface area contributed by atoms with Crippen LogP contribution in [0.25, 0.3) is 0 Å². The lowest BCUT2D eigenvalue weighted by molar-refractivity contribution is -0.141. The van der Waals surface area contributed by atoms with Crippen LogP contribution < -0.4 is 5.32 Å². The smallest absolute Gasteiger partial charge is 0.306 e. The van der Waals surface area contributed by atoms with Gasteiger partial charge in [-0.25, -0.2) is 0 Å². The summed E-state index contributed by atoms with van der Waals surface area (Å²) < 4.78 is 0. The number of hydrogen-bond donors (Lipinski definition) is 3. The van der Waals surface area contributed by atoms with Gasteiger partial charge in [0, 0.05) is 12.5 Å². The Labute approximate surface area is 100 Å². The van der Waals surface area contributed by atoms with Crippen molar-refractivity contribution in [2.24, 2.45) is 17.8 Å². The summed E-state index contributed by atoms with van der Waals surface area (Å²) >= 11 is 0. The largest absolute Gasteiger partial charge is 0.481 e. The second-order valence-corrected chi connectivity index (χ2v) is 5.28. The van der Waals surface area contributed by atoms with Gasteiger partial charge in [-0.2, -0.15) is 0 Å². The third-order valence-corrected chi connectivity index (χ3v) is 3.93. The summed E-state index contributed by atoms with van der Waals surface area (Å²) in [4.78, 5) is 22.5. The molecule has 3 N–H and O–H groups in total. The SMILES string of the molecule is O=C(O)C1CCC(C(=O)NCC2CC(O)C2)C1. The van der Waals surface area contributed by atoms with Crippen molar-refractivity contribution in [3.8, 4) is 0 Å². The Kier molecular flexibility index (Phi) is 3.66. The van der Waals surface area contributed by atoms with Gasteiger partial charge < -0.3 is 15.5 Å². The van der Waals surface area contributed by atoms with Crippen LogP contribution in [0, 0.1) is 17.8 Å². The lowest BCUT2D eigenvalue weighted by Crippen LogP contribution is -2.40. The van der Waals surface area contributed by atoms with Crippen LogP contribution in [0.15, 0.2) is 0 Å². The van der Waals surface area contributed by atoms with Crippen molar-refractivity contribution in [2.45, 2.75) is 38.2 Å². The Bertz CT molecular complexity index is 312. The molecule has 17 heavy (non-hydrogen) atoms. The Morgan fingerprint density at radius 3 is 2.29 bits per heavy atom. The first-order valence-corrected chi connectivity index (χ1v) is 6.25. The molecule has 0 spiro atoms. The zero-order valence-electron chi connectivity index (χ0n) is 9.76. The van der Waals surface area contributed by atoms with Gasteiger partial charge in [-0.05, 0) is 38.0 Å². The third-order valence-electron chi connectivity index (χ3n) is 3.93. The fourth-order valence-corrected chi connectivity index (χ4v) is 2.70. The molecular formula is C12H19NO4. The van der Waals surface area contributed by atoms with Crippen molar-refractivity contribution in [2.75, 3.05) is 6.54 Å². The number of aliphatic hydroxyl groups is 1. The van der Waals surface area contributed by atoms with E-state index >= 15 is 0 Å². The summed E-state index contributed by atoms with van der Waals surface area (Å²) in [5.74, 6) is -0.902. The zero-order chi connectivity index (χ0) is 12.4. The van der Waals surface area contributed by atoms with Crippen LogP contribution in [0.3, 0.4) is 0 Å². The van der Waals surface area contributed by atoms with Crippen LogP contribution in [-0.4, -0.2) is 34.7 Å². The molecule has 5 heteroatoms. The monoisotopic (exact) mass is 241 g/mol. The van der Waals surface area contributed by atoms with Gasteiger partial charge in [-0.3, -0.25) is 9.59 Å². The van der Waals surface area contributed by atoms with E-state index in [2.05, 4.69) is 5.32 Å². The lowest BCUT2D eigenvalue weighted by atomic mass is 9.82. The normalized spacial score (nSPS) is 36.3. The standard InChI is InChI=1S/C12H19NO4/c14-10-3-7(4-10)6-13-11(15)8-1-2-9(5-8)12(16)17/h7-10,14H,1-6H2,(H,13,15)(H,16,17). The van der Waals surface area contributed by atoms with Gasteiger partial charge >= 0.3 is 5.97 Å². The molecule has 1 amide bonds. The van der Waals surface area contributed by atoms with Gasteiger partial charge in [0.05, 0.1) is 12.0 Å². The van der Waals surface area contributed by atoms with Crippen molar-refractivity contribution in [1.82, 2.24) is 5.32 Å². The average molecular weight is 241 g/mol. The predicted molar refractivity (Wildman–Crippen MR) is 60.2 cm³/mol. The van der Waals surface area contributed by atoms with E-state index in [1.165, 1.54) is 0 Å². The van der Waals surface area contributed by atoms with E-state index in [9.17, 15) is 9.59 Å². The predicted octanol–water partition coefficient (Wildman–Crippen LogP) is 0.374. The Morgan fingerprint density at radius 2 is 1.76 bits per heavy atom. The molecule has 0 aromatic heterocycles. The number of carbonyl (C=O) groups excluding carboxylic acids is 1. The molecule has 2 saturated carbocycles. The number of nitrogens with one attached hydrogen (secondary N) is 1. The Hall–Kier alpha value is -1.10. The van der Waals surface area contributed by atoms with E-state index in [0.29, 0.717) is 31.7 Å². The maximum absolute atomic E-state index is 11.8. The average Bonchev–Trinajstić information content (AvgIpc) is 2.71. The van der Waals surface area contributed by atoms with E-state index < -0.39 is 5.97 Å². The number of hydrogen-bond acceptors (Lipinski definition) is 3. The second kappa shape index (κ2) is 5.04. The molecule has 0 radical (unpaired) electrons. The fourth-order valence-electron chi connectivity index (χ4n) is 2.70. The molecular weight excluding hydrogens is 222 g/mol. The van der Waals surface area contributed by atoms with Crippen LogP contribution in [0.1, 0.15) is 32.1 Å². The number of carbonyl (C=O) groups is 2. The first-order chi connectivity index (χ1) is 8.06. The molecule has 0 aromatic carbocycles. The number of aliphatic hydroxyl groups excluding tert-OH is 1. The molecule has 2 fully saturated rings. The Balaban J connectivity index is 1.68. The highest BCUT2D eigenvalue weighted by molar-refractivity contribution is 5.80. The van der Waals surface area contributed by atoms with Gasteiger partial charge in [0.15, 0.2) is 0 Å². The summed E-state index contributed by atoms with van der Waals surface area (Å²) in [7, 11) is 0. The fraction of sp³-hybridized carbons (Fsp3) is 0.833. The van der Waals surface area contributed by atoms with E-state index in [-0.39, 0.29) is 23.8 Å². The minimum Gasteiger partial charge on any atom is -0.481 e. The van der Waals surface area contributed by atoms with Crippen LogP contribution in [-0.2, 0) is 9.59 Å². The van der Waals surface area contributed by atoms with Crippen molar-refractivity contribution in [3.05, 3.63) is 0 Å². The molecule has 0 bridgehead atoms. The number of carboxylic acid groups (broad SMARTS) is 1. The summed E-state index contributed by atoms with van der Waals surface area (Å²) in [6, 6.07) is 0. The lowest BCUT2D eigenvalue weighted by Gasteiger charge is -2.31. The van der Waals surface area contributed by atoms with Crippen LogP contribution in [0.4, 0.5) is 0 Å². The van der Waals surface area contributed by atoms with Crippen molar-refractivity contribution >= 4 is 11.9 Å². The van der Waals surface area contributed by atoms with E-state index in [1.807, 2.05) is 0 Å². The van der Waals surface area contributed by atoms with Gasteiger partial charge in [0.25, 0.3) is 0 Å². The topological polar surface area (TPSA) is 86.6 Å². The molecule has 2 aliphatic rings. The van der Waals surface area contributed by atoms with Gasteiger partial charge in [0.2, 0.25) is 5.91 Å². The minimum absolute atomic E-state index is 0.0184. The highest BCUT2D eigenvalue weighted by atomic mass is 16.4. The molecule has 0 saturated heterocycles. The molecule has 0 heterocycles. The van der Waals surface area contributed by atoms with Crippen molar-refractivity contribution in [3.63, 3.8) is 0 Å². The van der Waals surface area contributed by atoms with Crippen LogP contribution >= 0.6 is 0 Å². The molecule has 5 nitrogen and oxygen atoms in total. The van der Waals surface area contributed by atoms with E-state index in [4.69, 9.17) is 10.2 Å². The van der Waals surface area contributed by atoms with Crippen molar-refractivity contribution < 1.29 is 19.8 Å². The first kappa shape index (κ1) is 12.4. The highest BCUT2D eigenvalue weighted by Gasteiger charge is 2.34. The quantitative estimate of drug-likeness (QED) is 0.664. The third kappa shape index (κ3) is 2.97. The minimum atomic E-state index is -0.789. The molecule has 0 aliphatic heterocycles.